The van der Waals surface area contributed by atoms with E-state index in [1.807, 2.05) is 0 Å². The van der Waals surface area contributed by atoms with Crippen LogP contribution in [0.3, 0.4) is 0 Å². The van der Waals surface area contributed by atoms with Crippen LogP contribution in [0.2, 0.25) is 0 Å². The number of rotatable bonds is 3. The number of aromatic amines is 1. The quantitative estimate of drug-likeness (QED) is 0.697. The fourth-order valence-electron chi connectivity index (χ4n) is 1.83. The lowest BCUT2D eigenvalue weighted by atomic mass is 10.4. The van der Waals surface area contributed by atoms with E-state index >= 15 is 0 Å². The molecule has 2 N–H and O–H groups in total. The van der Waals surface area contributed by atoms with E-state index in [9.17, 15) is 0 Å². The molecule has 1 saturated heterocycles. The Bertz CT molecular complexity index is 455. The summed E-state index contributed by atoms with van der Waals surface area (Å²) in [6.07, 6.45) is 3.17. The van der Waals surface area contributed by atoms with Gasteiger partial charge in [-0.1, -0.05) is 0 Å². The van der Waals surface area contributed by atoms with Crippen molar-refractivity contribution in [1.29, 1.82) is 0 Å². The van der Waals surface area contributed by atoms with Gasteiger partial charge in [-0.25, -0.2) is 9.67 Å². The standard InChI is InChI=1S/C9H14N8/c1-3-16(4-2-10-1)9-13-8(14-15-9)5-17-7-11-6-12-17/h6-7,10H,1-5H2,(H,13,14,15). The summed E-state index contributed by atoms with van der Waals surface area (Å²) >= 11 is 0. The molecule has 0 saturated carbocycles. The fraction of sp³-hybridized carbons (Fsp3) is 0.556. The first-order valence-corrected chi connectivity index (χ1v) is 5.61. The van der Waals surface area contributed by atoms with Crippen molar-refractivity contribution >= 4 is 5.95 Å². The van der Waals surface area contributed by atoms with Crippen molar-refractivity contribution in [2.24, 2.45) is 0 Å². The fourth-order valence-corrected chi connectivity index (χ4v) is 1.83. The summed E-state index contributed by atoms with van der Waals surface area (Å²) in [7, 11) is 0. The van der Waals surface area contributed by atoms with Gasteiger partial charge in [0, 0.05) is 26.2 Å². The summed E-state index contributed by atoms with van der Waals surface area (Å²) in [4.78, 5) is 10.5. The van der Waals surface area contributed by atoms with Crippen molar-refractivity contribution in [3.05, 3.63) is 18.5 Å². The normalized spacial score (nSPS) is 16.4. The molecule has 3 heterocycles. The van der Waals surface area contributed by atoms with E-state index in [1.54, 1.807) is 11.0 Å². The maximum absolute atomic E-state index is 4.45. The Morgan fingerprint density at radius 2 is 2.18 bits per heavy atom. The van der Waals surface area contributed by atoms with Crippen LogP contribution >= 0.6 is 0 Å². The predicted octanol–water partition coefficient (Wildman–Crippen LogP) is -1.15. The molecule has 2 aromatic heterocycles. The second-order valence-corrected chi connectivity index (χ2v) is 3.91. The molecule has 0 unspecified atom stereocenters. The topological polar surface area (TPSA) is 87.5 Å². The van der Waals surface area contributed by atoms with Gasteiger partial charge < -0.3 is 10.2 Å². The van der Waals surface area contributed by atoms with E-state index in [1.165, 1.54) is 6.33 Å². The van der Waals surface area contributed by atoms with Crippen molar-refractivity contribution in [1.82, 2.24) is 35.3 Å². The Labute approximate surface area is 98.1 Å². The minimum Gasteiger partial charge on any atom is -0.337 e. The third-order valence-electron chi connectivity index (χ3n) is 2.70. The van der Waals surface area contributed by atoms with Crippen molar-refractivity contribution in [2.75, 3.05) is 31.1 Å². The van der Waals surface area contributed by atoms with Crippen LogP contribution in [0.15, 0.2) is 12.7 Å². The third kappa shape index (κ3) is 2.26. The van der Waals surface area contributed by atoms with Gasteiger partial charge in [-0.05, 0) is 0 Å². The molecule has 1 aliphatic heterocycles. The smallest absolute Gasteiger partial charge is 0.244 e. The summed E-state index contributed by atoms with van der Waals surface area (Å²) in [6.45, 7) is 4.42. The largest absolute Gasteiger partial charge is 0.337 e. The molecule has 0 aliphatic carbocycles. The summed E-state index contributed by atoms with van der Waals surface area (Å²) in [5, 5.41) is 14.5. The lowest BCUT2D eigenvalue weighted by molar-refractivity contribution is 0.580. The highest BCUT2D eigenvalue weighted by atomic mass is 15.4. The summed E-state index contributed by atoms with van der Waals surface area (Å²) in [5.74, 6) is 1.56. The average Bonchev–Trinajstić information content (AvgIpc) is 3.02. The highest BCUT2D eigenvalue weighted by molar-refractivity contribution is 5.29. The van der Waals surface area contributed by atoms with Crippen molar-refractivity contribution in [2.45, 2.75) is 6.54 Å². The number of aromatic nitrogens is 6. The molecule has 1 fully saturated rings. The second-order valence-electron chi connectivity index (χ2n) is 3.91. The Balaban J connectivity index is 1.69. The third-order valence-corrected chi connectivity index (χ3v) is 2.70. The van der Waals surface area contributed by atoms with Gasteiger partial charge in [0.05, 0.1) is 0 Å². The van der Waals surface area contributed by atoms with Crippen LogP contribution in [-0.4, -0.2) is 56.1 Å². The van der Waals surface area contributed by atoms with Gasteiger partial charge in [-0.2, -0.15) is 10.1 Å². The van der Waals surface area contributed by atoms with E-state index in [2.05, 4.69) is 35.5 Å². The number of anilines is 1. The van der Waals surface area contributed by atoms with Crippen LogP contribution in [0.5, 0.6) is 0 Å². The number of piperazine rings is 1. The van der Waals surface area contributed by atoms with E-state index in [-0.39, 0.29) is 0 Å². The van der Waals surface area contributed by atoms with Crippen LogP contribution in [-0.2, 0) is 6.54 Å². The molecular formula is C9H14N8. The van der Waals surface area contributed by atoms with Gasteiger partial charge in [-0.3, -0.25) is 5.10 Å². The monoisotopic (exact) mass is 234 g/mol. The molecule has 0 spiro atoms. The zero-order valence-corrected chi connectivity index (χ0v) is 9.37. The molecule has 0 bridgehead atoms. The Morgan fingerprint density at radius 1 is 1.29 bits per heavy atom. The number of hydrogen-bond donors (Lipinski definition) is 2. The first-order valence-electron chi connectivity index (χ1n) is 5.61. The average molecular weight is 234 g/mol. The molecule has 0 aromatic carbocycles. The lowest BCUT2D eigenvalue weighted by Crippen LogP contribution is -2.44. The van der Waals surface area contributed by atoms with E-state index < -0.39 is 0 Å². The van der Waals surface area contributed by atoms with Gasteiger partial charge in [0.1, 0.15) is 25.0 Å². The Kier molecular flexibility index (Phi) is 2.70. The number of nitrogens with zero attached hydrogens (tertiary/aromatic N) is 6. The SMILES string of the molecule is c1ncn(Cc2nc(N3CCNCC3)n[nH]2)n1. The molecule has 90 valence electrons. The molecule has 3 rings (SSSR count). The van der Waals surface area contributed by atoms with Gasteiger partial charge in [0.25, 0.3) is 0 Å². The van der Waals surface area contributed by atoms with Gasteiger partial charge in [0.2, 0.25) is 5.95 Å². The maximum atomic E-state index is 4.45. The number of hydrogen-bond acceptors (Lipinski definition) is 6. The minimum absolute atomic E-state index is 0.569. The molecular weight excluding hydrogens is 220 g/mol. The Morgan fingerprint density at radius 3 is 2.94 bits per heavy atom. The number of H-pyrrole nitrogens is 1. The van der Waals surface area contributed by atoms with E-state index in [0.717, 1.165) is 38.0 Å². The van der Waals surface area contributed by atoms with Crippen LogP contribution < -0.4 is 10.2 Å². The molecule has 1 aliphatic rings. The zero-order valence-electron chi connectivity index (χ0n) is 9.37. The maximum Gasteiger partial charge on any atom is 0.244 e. The summed E-state index contributed by atoms with van der Waals surface area (Å²) in [6, 6.07) is 0. The molecule has 0 radical (unpaired) electrons. The lowest BCUT2D eigenvalue weighted by Gasteiger charge is -2.25. The molecule has 8 nitrogen and oxygen atoms in total. The van der Waals surface area contributed by atoms with Gasteiger partial charge in [-0.15, -0.1) is 5.10 Å². The second kappa shape index (κ2) is 4.50. The van der Waals surface area contributed by atoms with Gasteiger partial charge >= 0.3 is 0 Å². The summed E-state index contributed by atoms with van der Waals surface area (Å²) in [5.41, 5.74) is 0. The molecule has 8 heteroatoms. The molecule has 0 amide bonds. The van der Waals surface area contributed by atoms with Crippen LogP contribution in [0.25, 0.3) is 0 Å². The van der Waals surface area contributed by atoms with Crippen LogP contribution in [0.4, 0.5) is 5.95 Å². The van der Waals surface area contributed by atoms with E-state index in [4.69, 9.17) is 0 Å². The van der Waals surface area contributed by atoms with Crippen molar-refractivity contribution in [3.63, 3.8) is 0 Å². The van der Waals surface area contributed by atoms with Crippen LogP contribution in [0, 0.1) is 0 Å². The van der Waals surface area contributed by atoms with Crippen molar-refractivity contribution < 1.29 is 0 Å². The number of nitrogens with one attached hydrogen (secondary N) is 2. The minimum atomic E-state index is 0.569. The van der Waals surface area contributed by atoms with Gasteiger partial charge in [0.15, 0.2) is 0 Å². The molecule has 2 aromatic rings. The first-order chi connectivity index (χ1) is 8.42. The Hall–Kier alpha value is -1.96. The van der Waals surface area contributed by atoms with E-state index in [0.29, 0.717) is 6.54 Å². The first kappa shape index (κ1) is 10.2. The molecule has 0 atom stereocenters. The highest BCUT2D eigenvalue weighted by Crippen LogP contribution is 2.07. The van der Waals surface area contributed by atoms with Crippen LogP contribution in [0.1, 0.15) is 5.82 Å². The zero-order chi connectivity index (χ0) is 11.5. The van der Waals surface area contributed by atoms with Crippen molar-refractivity contribution in [3.8, 4) is 0 Å². The highest BCUT2D eigenvalue weighted by Gasteiger charge is 2.14. The summed E-state index contributed by atoms with van der Waals surface area (Å²) < 4.78 is 1.71. The predicted molar refractivity (Wildman–Crippen MR) is 60.6 cm³/mol. The molecule has 17 heavy (non-hydrogen) atoms.